The predicted molar refractivity (Wildman–Crippen MR) is 232 cm³/mol. The van der Waals surface area contributed by atoms with Crippen molar-refractivity contribution in [2.24, 2.45) is 0 Å². The molecule has 8 nitrogen and oxygen atoms in total. The molecule has 0 aliphatic carbocycles. The van der Waals surface area contributed by atoms with Crippen LogP contribution in [0.3, 0.4) is 0 Å². The minimum Gasteiger partial charge on any atom is -0.341 e. The molecule has 4 heterocycles. The fourth-order valence-corrected chi connectivity index (χ4v) is 9.61. The van der Waals surface area contributed by atoms with Gasteiger partial charge in [-0.1, -0.05) is 97.1 Å². The molecule has 58 heavy (non-hydrogen) atoms. The lowest BCUT2D eigenvalue weighted by Gasteiger charge is -2.31. The first kappa shape index (κ1) is 39.4. The number of aromatic nitrogens is 4. The monoisotopic (exact) mass is 772 g/mol. The van der Waals surface area contributed by atoms with Crippen LogP contribution in [0.1, 0.15) is 97.4 Å². The summed E-state index contributed by atoms with van der Waals surface area (Å²) in [6, 6.07) is 35.1. The number of imidazole rings is 2. The van der Waals surface area contributed by atoms with E-state index in [1.54, 1.807) is 0 Å². The highest BCUT2D eigenvalue weighted by Gasteiger charge is 2.35. The Morgan fingerprint density at radius 1 is 0.603 bits per heavy atom. The third kappa shape index (κ3) is 8.69. The minimum absolute atomic E-state index is 0.182. The summed E-state index contributed by atoms with van der Waals surface area (Å²) in [4.78, 5) is 45.7. The van der Waals surface area contributed by atoms with E-state index < -0.39 is 0 Å². The number of aryl methyl sites for hydroxylation is 2. The Bertz CT molecular complexity index is 2260. The van der Waals surface area contributed by atoms with E-state index in [0.29, 0.717) is 12.8 Å². The van der Waals surface area contributed by atoms with Crippen molar-refractivity contribution in [2.45, 2.75) is 102 Å². The molecule has 4 atom stereocenters. The first-order valence-electron chi connectivity index (χ1n) is 21.3. The van der Waals surface area contributed by atoms with Crippen molar-refractivity contribution in [2.75, 3.05) is 13.1 Å². The van der Waals surface area contributed by atoms with Crippen LogP contribution in [0.4, 0.5) is 0 Å². The summed E-state index contributed by atoms with van der Waals surface area (Å²) in [7, 11) is 0. The quantitative estimate of drug-likeness (QED) is 0.0896. The molecule has 2 fully saturated rings. The molecule has 2 saturated heterocycles. The van der Waals surface area contributed by atoms with E-state index in [2.05, 4.69) is 131 Å². The largest absolute Gasteiger partial charge is 0.341 e. The number of hydrogen-bond acceptors (Lipinski definition) is 6. The second-order valence-electron chi connectivity index (χ2n) is 16.3. The van der Waals surface area contributed by atoms with Crippen LogP contribution in [0.15, 0.2) is 109 Å². The number of aromatic amines is 2. The van der Waals surface area contributed by atoms with Gasteiger partial charge < -0.3 is 19.6 Å². The number of benzene rings is 4. The topological polar surface area (TPSA) is 98.0 Å². The number of carbonyl (C=O) groups is 2. The molecule has 0 radical (unpaired) electrons. The maximum Gasteiger partial charge on any atom is 0.123 e. The van der Waals surface area contributed by atoms with Gasteiger partial charge in [0.2, 0.25) is 0 Å². The van der Waals surface area contributed by atoms with E-state index in [4.69, 9.17) is 9.97 Å². The summed E-state index contributed by atoms with van der Waals surface area (Å²) in [6.07, 6.45) is 15.3. The lowest BCUT2D eigenvalue weighted by atomic mass is 9.92. The van der Waals surface area contributed by atoms with E-state index in [0.717, 1.165) is 111 Å². The molecule has 0 spiro atoms. The minimum atomic E-state index is 0.182. The van der Waals surface area contributed by atoms with E-state index in [1.165, 1.54) is 33.4 Å². The van der Waals surface area contributed by atoms with Crippen molar-refractivity contribution < 1.29 is 9.59 Å². The highest BCUT2D eigenvalue weighted by molar-refractivity contribution is 5.77. The van der Waals surface area contributed by atoms with Gasteiger partial charge >= 0.3 is 0 Å². The Morgan fingerprint density at radius 2 is 1.07 bits per heavy atom. The number of rotatable bonds is 17. The van der Waals surface area contributed by atoms with Gasteiger partial charge in [0.1, 0.15) is 24.2 Å². The number of aldehydes is 2. The molecule has 298 valence electrons. The molecule has 0 amide bonds. The van der Waals surface area contributed by atoms with Gasteiger partial charge in [0.15, 0.2) is 0 Å². The second kappa shape index (κ2) is 18.4. The molecule has 2 N–H and O–H groups in total. The SMILES string of the molecule is Cc1c(-c2ccc(-c3cnc([C@@H]4CCCN4[C@@H](CC=O)CCc4ccccc4)[nH]3)cc2)ccc(-c2cnc([C@@H]3CCCN3[C@@H](CC=O)CCc3ccccc3)[nH]2)c1C. The van der Waals surface area contributed by atoms with Gasteiger partial charge in [0.25, 0.3) is 0 Å². The Labute approximate surface area is 343 Å². The number of likely N-dealkylation sites (tertiary alicyclic amines) is 2. The van der Waals surface area contributed by atoms with Gasteiger partial charge in [-0.15, -0.1) is 0 Å². The van der Waals surface area contributed by atoms with Crippen molar-refractivity contribution in [3.8, 4) is 33.6 Å². The Balaban J connectivity index is 0.939. The number of nitrogens with one attached hydrogen (secondary N) is 2. The summed E-state index contributed by atoms with van der Waals surface area (Å²) in [5.74, 6) is 1.98. The molecular weight excluding hydrogens is 717 g/mol. The molecule has 0 saturated carbocycles. The van der Waals surface area contributed by atoms with Crippen LogP contribution in [0.2, 0.25) is 0 Å². The Hall–Kier alpha value is -5.44. The molecule has 6 aromatic rings. The molecular formula is C50H56N6O2. The molecule has 2 aliphatic heterocycles. The van der Waals surface area contributed by atoms with Crippen molar-refractivity contribution in [1.29, 1.82) is 0 Å². The van der Waals surface area contributed by atoms with Gasteiger partial charge in [0.05, 0.1) is 35.9 Å². The van der Waals surface area contributed by atoms with Crippen LogP contribution >= 0.6 is 0 Å². The average Bonchev–Trinajstić information content (AvgIpc) is 4.11. The van der Waals surface area contributed by atoms with Gasteiger partial charge in [-0.05, 0) is 117 Å². The zero-order valence-corrected chi connectivity index (χ0v) is 33.9. The lowest BCUT2D eigenvalue weighted by molar-refractivity contribution is -0.109. The zero-order valence-electron chi connectivity index (χ0n) is 33.9. The van der Waals surface area contributed by atoms with Crippen LogP contribution in [0.5, 0.6) is 0 Å². The highest BCUT2D eigenvalue weighted by atomic mass is 16.1. The number of nitrogens with zero attached hydrogens (tertiary/aromatic N) is 4. The van der Waals surface area contributed by atoms with Gasteiger partial charge in [-0.2, -0.15) is 0 Å². The van der Waals surface area contributed by atoms with Crippen LogP contribution < -0.4 is 0 Å². The summed E-state index contributed by atoms with van der Waals surface area (Å²) in [5, 5.41) is 0. The van der Waals surface area contributed by atoms with Crippen LogP contribution in [-0.4, -0.2) is 67.5 Å². The zero-order chi connectivity index (χ0) is 39.8. The Morgan fingerprint density at radius 3 is 1.60 bits per heavy atom. The van der Waals surface area contributed by atoms with Gasteiger partial charge in [-0.3, -0.25) is 9.80 Å². The third-order valence-electron chi connectivity index (χ3n) is 12.9. The standard InChI is InChI=1S/C50H56N6O2/c1-35-36(2)44(46-34-52-50(54-46)48-16-10-30-56(48)42(28-32-58)24-18-38-13-7-4-8-14-38)26-25-43(35)39-19-21-40(22-20-39)45-33-51-49(53-45)47-15-9-29-55(47)41(27-31-57)23-17-37-11-5-3-6-12-37/h3-8,11-14,19-22,25-26,31-34,41-42,47-48H,9-10,15-18,23-24,27-30H2,1-2H3,(H,51,53)(H,52,54)/t41-,42-,47+,48+/m1/s1. The second-order valence-corrected chi connectivity index (χ2v) is 16.3. The molecule has 8 rings (SSSR count). The van der Waals surface area contributed by atoms with Crippen molar-refractivity contribution >= 4 is 12.6 Å². The number of carbonyl (C=O) groups excluding carboxylic acids is 2. The maximum atomic E-state index is 11.8. The summed E-state index contributed by atoms with van der Waals surface area (Å²) in [6.45, 7) is 6.38. The summed E-state index contributed by atoms with van der Waals surface area (Å²) in [5.41, 5.74) is 11.8. The molecule has 0 unspecified atom stereocenters. The fraction of sp³-hybridized carbons (Fsp3) is 0.360. The van der Waals surface area contributed by atoms with E-state index >= 15 is 0 Å². The predicted octanol–water partition coefficient (Wildman–Crippen LogP) is 10.2. The molecule has 2 aromatic heterocycles. The van der Waals surface area contributed by atoms with Crippen molar-refractivity contribution in [1.82, 2.24) is 29.7 Å². The van der Waals surface area contributed by atoms with Gasteiger partial charge in [0, 0.05) is 30.5 Å². The first-order chi connectivity index (χ1) is 28.5. The van der Waals surface area contributed by atoms with E-state index in [-0.39, 0.29) is 24.2 Å². The number of H-pyrrole nitrogens is 2. The number of hydrogen-bond donors (Lipinski definition) is 2. The van der Waals surface area contributed by atoms with E-state index in [1.807, 2.05) is 12.4 Å². The van der Waals surface area contributed by atoms with E-state index in [9.17, 15) is 9.59 Å². The van der Waals surface area contributed by atoms with Crippen molar-refractivity contribution in [3.05, 3.63) is 143 Å². The fourth-order valence-electron chi connectivity index (χ4n) is 9.61. The van der Waals surface area contributed by atoms with Crippen LogP contribution in [0.25, 0.3) is 33.6 Å². The smallest absolute Gasteiger partial charge is 0.123 e. The molecule has 4 aromatic carbocycles. The van der Waals surface area contributed by atoms with Crippen LogP contribution in [-0.2, 0) is 22.4 Å². The molecule has 2 aliphatic rings. The average molecular weight is 773 g/mol. The summed E-state index contributed by atoms with van der Waals surface area (Å²) >= 11 is 0. The lowest BCUT2D eigenvalue weighted by Crippen LogP contribution is -2.36. The highest BCUT2D eigenvalue weighted by Crippen LogP contribution is 2.38. The van der Waals surface area contributed by atoms with Gasteiger partial charge in [-0.25, -0.2) is 9.97 Å². The third-order valence-corrected chi connectivity index (χ3v) is 12.9. The molecule has 8 heteroatoms. The molecule has 0 bridgehead atoms. The maximum absolute atomic E-state index is 11.8. The normalized spacial score (nSPS) is 18.4. The first-order valence-corrected chi connectivity index (χ1v) is 21.3. The van der Waals surface area contributed by atoms with Crippen molar-refractivity contribution in [3.63, 3.8) is 0 Å². The van der Waals surface area contributed by atoms with Crippen LogP contribution in [0, 0.1) is 13.8 Å². The summed E-state index contributed by atoms with van der Waals surface area (Å²) < 4.78 is 0. The Kier molecular flexibility index (Phi) is 12.5.